The van der Waals surface area contributed by atoms with E-state index in [0.29, 0.717) is 31.3 Å². The molecule has 0 aliphatic carbocycles. The Labute approximate surface area is 223 Å². The van der Waals surface area contributed by atoms with Gasteiger partial charge in [0.15, 0.2) is 0 Å². The molecule has 1 unspecified atom stereocenters. The number of fused-ring (bicyclic) bond motifs is 2. The summed E-state index contributed by atoms with van der Waals surface area (Å²) in [6.45, 7) is 2.50. The van der Waals surface area contributed by atoms with Gasteiger partial charge in [0.2, 0.25) is 11.8 Å². The molecule has 200 valence electrons. The molecular weight excluding hydrogens is 546 g/mol. The van der Waals surface area contributed by atoms with Crippen LogP contribution in [0.2, 0.25) is 0 Å². The molecule has 0 saturated carbocycles. The molecule has 3 fully saturated rings. The number of carbonyl (C=O) groups is 3. The van der Waals surface area contributed by atoms with E-state index < -0.39 is 35.6 Å². The number of ether oxygens (including phenoxy) is 2. The number of para-hydroxylation sites is 1. The van der Waals surface area contributed by atoms with Crippen molar-refractivity contribution < 1.29 is 29.0 Å². The lowest BCUT2D eigenvalue weighted by Gasteiger charge is -2.34. The van der Waals surface area contributed by atoms with E-state index in [1.165, 1.54) is 0 Å². The summed E-state index contributed by atoms with van der Waals surface area (Å²) in [5.74, 6) is -2.59. The van der Waals surface area contributed by atoms with Crippen molar-refractivity contribution in [2.75, 3.05) is 19.8 Å². The molecule has 1 aromatic carbocycles. The van der Waals surface area contributed by atoms with E-state index >= 15 is 0 Å². The minimum atomic E-state index is -1.12. The van der Waals surface area contributed by atoms with Crippen LogP contribution in [0.25, 0.3) is 11.0 Å². The van der Waals surface area contributed by atoms with E-state index in [0.717, 1.165) is 18.4 Å². The molecule has 12 heteroatoms. The Kier molecular flexibility index (Phi) is 7.51. The van der Waals surface area contributed by atoms with Gasteiger partial charge in [-0.2, -0.15) is 0 Å². The molecule has 11 nitrogen and oxygen atoms in total. The zero-order chi connectivity index (χ0) is 26.2. The highest BCUT2D eigenvalue weighted by Gasteiger charge is 2.76. The number of amides is 2. The number of nitrogens with zero attached hydrogens (tertiary/aromatic N) is 4. The fourth-order valence-corrected chi connectivity index (χ4v) is 7.15. The zero-order valence-electron chi connectivity index (χ0n) is 20.7. The third kappa shape index (κ3) is 4.42. The summed E-state index contributed by atoms with van der Waals surface area (Å²) in [6.07, 6.45) is 2.92. The quantitative estimate of drug-likeness (QED) is 0.232. The van der Waals surface area contributed by atoms with Gasteiger partial charge in [-0.25, -0.2) is 4.68 Å². The SMILES string of the molecule is CCOC(=O)[C@@H]1[C@H]2O[C@@]3(CC2Br)[C@H](C(=O)NCn2nnc4ccccc42)N(CCCCCCO)C(=O)[C@@H]13. The maximum absolute atomic E-state index is 13.8. The normalized spacial score (nSPS) is 30.2. The van der Waals surface area contributed by atoms with E-state index in [4.69, 9.17) is 14.6 Å². The first kappa shape index (κ1) is 26.1. The minimum absolute atomic E-state index is 0.0810. The van der Waals surface area contributed by atoms with Crippen LogP contribution in [0.3, 0.4) is 0 Å². The Morgan fingerprint density at radius 3 is 2.84 bits per heavy atom. The maximum Gasteiger partial charge on any atom is 0.312 e. The van der Waals surface area contributed by atoms with Gasteiger partial charge in [-0.05, 0) is 38.3 Å². The number of aliphatic hydroxyl groups excluding tert-OH is 1. The van der Waals surface area contributed by atoms with Crippen LogP contribution in [-0.2, 0) is 30.5 Å². The van der Waals surface area contributed by atoms with Crippen LogP contribution in [-0.4, -0.2) is 85.1 Å². The molecule has 1 spiro atoms. The number of hydrogen-bond acceptors (Lipinski definition) is 8. The number of unbranched alkanes of at least 4 members (excludes halogenated alkanes) is 3. The topological polar surface area (TPSA) is 136 Å². The lowest BCUT2D eigenvalue weighted by Crippen LogP contribution is -2.56. The molecule has 0 radical (unpaired) electrons. The van der Waals surface area contributed by atoms with Gasteiger partial charge in [-0.3, -0.25) is 14.4 Å². The fraction of sp³-hybridized carbons (Fsp3) is 0.640. The molecule has 5 rings (SSSR count). The first-order valence-corrected chi connectivity index (χ1v) is 13.8. The molecule has 6 atom stereocenters. The molecule has 4 heterocycles. The molecule has 3 saturated heterocycles. The van der Waals surface area contributed by atoms with E-state index in [2.05, 4.69) is 31.6 Å². The molecule has 2 aromatic rings. The molecule has 3 aliphatic rings. The van der Waals surface area contributed by atoms with Gasteiger partial charge >= 0.3 is 5.97 Å². The second-order valence-corrected chi connectivity index (χ2v) is 11.0. The highest BCUT2D eigenvalue weighted by Crippen LogP contribution is 2.60. The van der Waals surface area contributed by atoms with Crippen LogP contribution < -0.4 is 5.32 Å². The van der Waals surface area contributed by atoms with E-state index in [9.17, 15) is 14.4 Å². The number of alkyl halides is 1. The van der Waals surface area contributed by atoms with E-state index in [1.807, 2.05) is 24.3 Å². The van der Waals surface area contributed by atoms with Gasteiger partial charge in [-0.1, -0.05) is 46.1 Å². The predicted octanol–water partition coefficient (Wildman–Crippen LogP) is 1.37. The van der Waals surface area contributed by atoms with Gasteiger partial charge < -0.3 is 24.8 Å². The first-order valence-electron chi connectivity index (χ1n) is 12.9. The second kappa shape index (κ2) is 10.7. The fourth-order valence-electron chi connectivity index (χ4n) is 6.21. The summed E-state index contributed by atoms with van der Waals surface area (Å²) in [5.41, 5.74) is 0.378. The monoisotopic (exact) mass is 577 g/mol. The number of aliphatic hydroxyl groups is 1. The summed E-state index contributed by atoms with van der Waals surface area (Å²) in [5, 5.41) is 20.3. The van der Waals surface area contributed by atoms with Crippen molar-refractivity contribution in [2.24, 2.45) is 11.8 Å². The van der Waals surface area contributed by atoms with Crippen molar-refractivity contribution in [2.45, 2.75) is 68.3 Å². The number of benzene rings is 1. The largest absolute Gasteiger partial charge is 0.466 e. The van der Waals surface area contributed by atoms with Crippen molar-refractivity contribution in [1.82, 2.24) is 25.2 Å². The Balaban J connectivity index is 1.41. The highest BCUT2D eigenvalue weighted by molar-refractivity contribution is 9.09. The van der Waals surface area contributed by atoms with Gasteiger partial charge in [-0.15, -0.1) is 5.10 Å². The van der Waals surface area contributed by atoms with E-state index in [-0.39, 0.29) is 36.5 Å². The van der Waals surface area contributed by atoms with Crippen LogP contribution in [0.1, 0.15) is 39.0 Å². The first-order chi connectivity index (χ1) is 17.9. The Morgan fingerprint density at radius 1 is 1.27 bits per heavy atom. The average Bonchev–Trinajstić information content (AvgIpc) is 3.60. The van der Waals surface area contributed by atoms with Crippen molar-refractivity contribution >= 4 is 44.7 Å². The van der Waals surface area contributed by atoms with Crippen molar-refractivity contribution in [1.29, 1.82) is 0 Å². The Hall–Kier alpha value is -2.57. The number of likely N-dealkylation sites (tertiary alicyclic amines) is 1. The Bertz CT molecular complexity index is 1180. The minimum Gasteiger partial charge on any atom is -0.466 e. The molecular formula is C25H32BrN5O6. The van der Waals surface area contributed by atoms with Crippen LogP contribution in [0.4, 0.5) is 0 Å². The van der Waals surface area contributed by atoms with Gasteiger partial charge in [0.25, 0.3) is 0 Å². The molecule has 2 bridgehead atoms. The number of esters is 1. The molecule has 2 amide bonds. The summed E-state index contributed by atoms with van der Waals surface area (Å²) in [6, 6.07) is 6.57. The van der Waals surface area contributed by atoms with E-state index in [1.54, 1.807) is 16.5 Å². The summed E-state index contributed by atoms with van der Waals surface area (Å²) >= 11 is 3.64. The number of aromatic nitrogens is 3. The number of carbonyl (C=O) groups excluding carboxylic acids is 3. The average molecular weight is 578 g/mol. The summed E-state index contributed by atoms with van der Waals surface area (Å²) in [7, 11) is 0. The van der Waals surface area contributed by atoms with Crippen molar-refractivity contribution in [3.05, 3.63) is 24.3 Å². The van der Waals surface area contributed by atoms with Crippen LogP contribution in [0.15, 0.2) is 24.3 Å². The third-order valence-electron chi connectivity index (χ3n) is 7.73. The smallest absolute Gasteiger partial charge is 0.312 e. The Morgan fingerprint density at radius 2 is 2.05 bits per heavy atom. The zero-order valence-corrected chi connectivity index (χ0v) is 22.3. The third-order valence-corrected chi connectivity index (χ3v) is 8.57. The maximum atomic E-state index is 13.8. The molecule has 3 aliphatic heterocycles. The molecule has 37 heavy (non-hydrogen) atoms. The van der Waals surface area contributed by atoms with Crippen LogP contribution in [0.5, 0.6) is 0 Å². The second-order valence-electron chi connectivity index (χ2n) is 9.86. The lowest BCUT2D eigenvalue weighted by molar-refractivity contribution is -0.154. The lowest BCUT2D eigenvalue weighted by atomic mass is 9.70. The summed E-state index contributed by atoms with van der Waals surface area (Å²) in [4.78, 5) is 42.0. The van der Waals surface area contributed by atoms with Gasteiger partial charge in [0.1, 0.15) is 23.8 Å². The molecule has 2 N–H and O–H groups in total. The summed E-state index contributed by atoms with van der Waals surface area (Å²) < 4.78 is 13.3. The van der Waals surface area contributed by atoms with Gasteiger partial charge in [0, 0.05) is 18.0 Å². The standard InChI is InChI=1S/C25H32BrN5O6/c1-2-36-24(35)18-19-23(34)30(11-7-3-4-8-12-32)21(25(19)13-15(26)20(18)37-25)22(33)27-14-31-17-10-6-5-9-16(17)28-29-31/h5-6,9-10,15,18-21,32H,2-4,7-8,11-14H2,1H3,(H,27,33)/t15?,18-,19+,20-,21-,25+/m0/s1. The number of hydrogen-bond donors (Lipinski definition) is 2. The predicted molar refractivity (Wildman–Crippen MR) is 135 cm³/mol. The number of rotatable bonds is 11. The van der Waals surface area contributed by atoms with Crippen molar-refractivity contribution in [3.8, 4) is 0 Å². The van der Waals surface area contributed by atoms with Crippen molar-refractivity contribution in [3.63, 3.8) is 0 Å². The van der Waals surface area contributed by atoms with Gasteiger partial charge in [0.05, 0.1) is 30.1 Å². The number of nitrogens with one attached hydrogen (secondary N) is 1. The number of halogens is 1. The van der Waals surface area contributed by atoms with Crippen LogP contribution >= 0.6 is 15.9 Å². The molecule has 1 aromatic heterocycles. The van der Waals surface area contributed by atoms with Crippen LogP contribution in [0, 0.1) is 11.8 Å². The highest BCUT2D eigenvalue weighted by atomic mass is 79.9.